The molecule has 0 radical (unpaired) electrons. The molecule has 1 amide bonds. The Morgan fingerprint density at radius 1 is 1.25 bits per heavy atom. The van der Waals surface area contributed by atoms with Gasteiger partial charge in [-0.3, -0.25) is 4.79 Å². The highest BCUT2D eigenvalue weighted by Crippen LogP contribution is 2.34. The number of thioether (sulfide) groups is 1. The summed E-state index contributed by atoms with van der Waals surface area (Å²) in [4.78, 5) is 12.5. The Morgan fingerprint density at radius 2 is 2.04 bits per heavy atom. The van der Waals surface area contributed by atoms with Gasteiger partial charge in [-0.05, 0) is 31.2 Å². The van der Waals surface area contributed by atoms with Crippen molar-refractivity contribution < 1.29 is 18.7 Å². The Kier molecular flexibility index (Phi) is 4.78. The number of carbonyl (C=O) groups is 1. The van der Waals surface area contributed by atoms with Gasteiger partial charge in [0.2, 0.25) is 17.9 Å². The van der Waals surface area contributed by atoms with Crippen LogP contribution >= 0.6 is 11.8 Å². The zero-order valence-electron chi connectivity index (χ0n) is 14.8. The average Bonchev–Trinajstić information content (AvgIpc) is 3.29. The zero-order valence-corrected chi connectivity index (χ0v) is 15.6. The number of rotatable bonds is 5. The van der Waals surface area contributed by atoms with Crippen LogP contribution in [0, 0.1) is 5.82 Å². The molecule has 0 spiro atoms. The van der Waals surface area contributed by atoms with Gasteiger partial charge in [0.15, 0.2) is 17.3 Å². The number of nitrogens with two attached hydrogens (primary N) is 1. The van der Waals surface area contributed by atoms with Crippen molar-refractivity contribution in [3.63, 3.8) is 0 Å². The van der Waals surface area contributed by atoms with E-state index in [1.807, 2.05) is 0 Å². The molecule has 28 heavy (non-hydrogen) atoms. The number of nitrogens with zero attached hydrogens (tertiary/aromatic N) is 3. The molecule has 3 N–H and O–H groups in total. The van der Waals surface area contributed by atoms with Crippen LogP contribution in [0.15, 0.2) is 47.6 Å². The van der Waals surface area contributed by atoms with Crippen LogP contribution in [0.2, 0.25) is 0 Å². The molecular weight excluding hydrogens is 385 g/mol. The van der Waals surface area contributed by atoms with Gasteiger partial charge in [0.1, 0.15) is 5.82 Å². The number of hydrogen-bond acceptors (Lipinski definition) is 7. The van der Waals surface area contributed by atoms with Gasteiger partial charge >= 0.3 is 0 Å². The lowest BCUT2D eigenvalue weighted by atomic mass is 10.2. The minimum absolute atomic E-state index is 0.162. The van der Waals surface area contributed by atoms with E-state index in [1.54, 1.807) is 43.3 Å². The Morgan fingerprint density at radius 3 is 2.86 bits per heavy atom. The first-order valence-electron chi connectivity index (χ1n) is 8.35. The number of nitrogens with one attached hydrogen (secondary N) is 1. The van der Waals surface area contributed by atoms with E-state index in [2.05, 4.69) is 15.5 Å². The fourth-order valence-electron chi connectivity index (χ4n) is 2.61. The predicted molar refractivity (Wildman–Crippen MR) is 102 cm³/mol. The second-order valence-corrected chi connectivity index (χ2v) is 7.28. The van der Waals surface area contributed by atoms with E-state index in [9.17, 15) is 9.18 Å². The third-order valence-electron chi connectivity index (χ3n) is 4.07. The average molecular weight is 401 g/mol. The number of amides is 1. The van der Waals surface area contributed by atoms with Crippen molar-refractivity contribution in [1.82, 2.24) is 14.9 Å². The molecule has 0 fully saturated rings. The number of fused-ring (bicyclic) bond motifs is 1. The largest absolute Gasteiger partial charge is 0.454 e. The van der Waals surface area contributed by atoms with Crippen LogP contribution in [0.3, 0.4) is 0 Å². The van der Waals surface area contributed by atoms with Gasteiger partial charge in [0.05, 0.1) is 10.8 Å². The van der Waals surface area contributed by atoms with Crippen LogP contribution in [0.25, 0.3) is 11.4 Å². The third-order valence-corrected chi connectivity index (χ3v) is 5.13. The first-order valence-corrected chi connectivity index (χ1v) is 9.23. The molecule has 1 aromatic heterocycles. The molecule has 1 aliphatic heterocycles. The Hall–Kier alpha value is -3.27. The molecule has 1 aliphatic rings. The summed E-state index contributed by atoms with van der Waals surface area (Å²) < 4.78 is 25.7. The number of aromatic nitrogens is 3. The maximum Gasteiger partial charge on any atom is 0.237 e. The van der Waals surface area contributed by atoms with Crippen molar-refractivity contribution in [2.45, 2.75) is 17.3 Å². The lowest BCUT2D eigenvalue weighted by Gasteiger charge is -2.12. The van der Waals surface area contributed by atoms with Gasteiger partial charge in [-0.2, -0.15) is 0 Å². The lowest BCUT2D eigenvalue weighted by Crippen LogP contribution is -2.23. The highest BCUT2D eigenvalue weighted by molar-refractivity contribution is 8.00. The second-order valence-electron chi connectivity index (χ2n) is 5.97. The van der Waals surface area contributed by atoms with Crippen LogP contribution < -0.4 is 20.6 Å². The molecule has 0 saturated heterocycles. The Bertz CT molecular complexity index is 1040. The molecule has 1 atom stereocenters. The summed E-state index contributed by atoms with van der Waals surface area (Å²) in [6.45, 7) is 1.87. The van der Waals surface area contributed by atoms with E-state index in [0.717, 1.165) is 11.8 Å². The summed E-state index contributed by atoms with van der Waals surface area (Å²) in [5, 5.41) is 10.5. The molecule has 0 aliphatic carbocycles. The van der Waals surface area contributed by atoms with Crippen molar-refractivity contribution in [2.24, 2.45) is 0 Å². The highest BCUT2D eigenvalue weighted by atomic mass is 32.2. The summed E-state index contributed by atoms with van der Waals surface area (Å²) in [5.41, 5.74) is 0.824. The van der Waals surface area contributed by atoms with Gasteiger partial charge in [-0.1, -0.05) is 23.9 Å². The van der Waals surface area contributed by atoms with E-state index in [4.69, 9.17) is 15.3 Å². The van der Waals surface area contributed by atoms with Crippen LogP contribution in [-0.2, 0) is 4.79 Å². The minimum Gasteiger partial charge on any atom is -0.454 e. The van der Waals surface area contributed by atoms with E-state index in [1.165, 1.54) is 10.7 Å². The highest BCUT2D eigenvalue weighted by Gasteiger charge is 2.22. The molecule has 4 rings (SSSR count). The minimum atomic E-state index is -0.523. The number of ether oxygens (including phenoxy) is 2. The standard InChI is InChI=1S/C18H16FN5O3S/c1-10(17(25)21-11-6-7-14-15(8-11)27-9-26-14)28-18-23-22-16(24(18)20)12-4-2-3-5-13(12)19/h2-8,10H,9,20H2,1H3,(H,21,25)/t10-/m0/s1. The Balaban J connectivity index is 1.46. The summed E-state index contributed by atoms with van der Waals surface area (Å²) in [6.07, 6.45) is 0. The molecule has 8 nitrogen and oxygen atoms in total. The number of nitrogen functional groups attached to an aromatic ring is 1. The van der Waals surface area contributed by atoms with E-state index >= 15 is 0 Å². The molecule has 0 bridgehead atoms. The summed E-state index contributed by atoms with van der Waals surface area (Å²) in [5.74, 6) is 6.70. The maximum atomic E-state index is 14.0. The first-order chi connectivity index (χ1) is 13.5. The summed E-state index contributed by atoms with van der Waals surface area (Å²) in [7, 11) is 0. The third kappa shape index (κ3) is 3.46. The fraction of sp³-hybridized carbons (Fsp3) is 0.167. The number of benzene rings is 2. The molecule has 0 unspecified atom stereocenters. The molecule has 3 aromatic rings. The first kappa shape index (κ1) is 18.1. The number of anilines is 1. The molecule has 10 heteroatoms. The number of halogens is 1. The van der Waals surface area contributed by atoms with Gasteiger partial charge in [-0.15, -0.1) is 10.2 Å². The zero-order chi connectivity index (χ0) is 19.7. The molecule has 0 saturated carbocycles. The summed E-state index contributed by atoms with van der Waals surface area (Å²) >= 11 is 1.12. The summed E-state index contributed by atoms with van der Waals surface area (Å²) in [6, 6.07) is 11.3. The van der Waals surface area contributed by atoms with E-state index in [0.29, 0.717) is 22.3 Å². The van der Waals surface area contributed by atoms with E-state index < -0.39 is 11.1 Å². The fourth-order valence-corrected chi connectivity index (χ4v) is 3.38. The normalized spacial score (nSPS) is 13.4. The smallest absolute Gasteiger partial charge is 0.237 e. The van der Waals surface area contributed by atoms with Crippen molar-refractivity contribution in [1.29, 1.82) is 0 Å². The molecule has 144 valence electrons. The topological polar surface area (TPSA) is 104 Å². The molecule has 2 aromatic carbocycles. The molecule has 2 heterocycles. The van der Waals surface area contributed by atoms with Crippen molar-refractivity contribution in [3.05, 3.63) is 48.3 Å². The van der Waals surface area contributed by atoms with Gasteiger partial charge in [0, 0.05) is 11.8 Å². The van der Waals surface area contributed by atoms with Gasteiger partial charge < -0.3 is 20.6 Å². The number of hydrogen-bond donors (Lipinski definition) is 2. The second kappa shape index (κ2) is 7.39. The Labute approximate surface area is 163 Å². The maximum absolute atomic E-state index is 14.0. The number of carbonyl (C=O) groups excluding carboxylic acids is 1. The van der Waals surface area contributed by atoms with E-state index in [-0.39, 0.29) is 24.1 Å². The van der Waals surface area contributed by atoms with Crippen LogP contribution in [0.1, 0.15) is 6.92 Å². The van der Waals surface area contributed by atoms with Crippen molar-refractivity contribution in [3.8, 4) is 22.9 Å². The quantitative estimate of drug-likeness (QED) is 0.500. The van der Waals surface area contributed by atoms with Crippen LogP contribution in [0.4, 0.5) is 10.1 Å². The van der Waals surface area contributed by atoms with Crippen LogP contribution in [0.5, 0.6) is 11.5 Å². The van der Waals surface area contributed by atoms with Crippen molar-refractivity contribution in [2.75, 3.05) is 18.0 Å². The van der Waals surface area contributed by atoms with Crippen LogP contribution in [-0.4, -0.2) is 32.8 Å². The molecular formula is C18H16FN5O3S. The van der Waals surface area contributed by atoms with Gasteiger partial charge in [-0.25, -0.2) is 9.07 Å². The SMILES string of the molecule is C[C@H](Sc1nnc(-c2ccccc2F)n1N)C(=O)Nc1ccc2c(c1)OCO2. The van der Waals surface area contributed by atoms with Crippen molar-refractivity contribution >= 4 is 23.4 Å². The monoisotopic (exact) mass is 401 g/mol. The van der Waals surface area contributed by atoms with Gasteiger partial charge in [0.25, 0.3) is 0 Å². The predicted octanol–water partition coefficient (Wildman–Crippen LogP) is 2.65. The lowest BCUT2D eigenvalue weighted by molar-refractivity contribution is -0.115.